The summed E-state index contributed by atoms with van der Waals surface area (Å²) in [5.41, 5.74) is 0.0906. The number of hydrogen-bond acceptors (Lipinski definition) is 3. The summed E-state index contributed by atoms with van der Waals surface area (Å²) in [5, 5.41) is 12.8. The number of halogens is 2. The molecule has 1 aromatic carbocycles. The number of aliphatic hydroxyl groups is 1. The van der Waals surface area contributed by atoms with E-state index in [2.05, 4.69) is 5.32 Å². The SMILES string of the molecule is CC.CN1CCC(NC(=O)c2cc(F)ccc2Cl)C(O)C1. The number of likely N-dealkylation sites (N-methyl/N-ethyl adjacent to an activating group) is 1. The number of carbonyl (C=O) groups excluding carboxylic acids is 1. The number of aliphatic hydroxyl groups excluding tert-OH is 1. The highest BCUT2D eigenvalue weighted by atomic mass is 35.5. The molecular formula is C15H22ClFN2O2. The second kappa shape index (κ2) is 8.32. The fraction of sp³-hybridized carbons (Fsp3) is 0.533. The van der Waals surface area contributed by atoms with Crippen LogP contribution in [-0.2, 0) is 0 Å². The van der Waals surface area contributed by atoms with Gasteiger partial charge < -0.3 is 15.3 Å². The van der Waals surface area contributed by atoms with Crippen LogP contribution in [0.3, 0.4) is 0 Å². The third-order valence-corrected chi connectivity index (χ3v) is 3.60. The van der Waals surface area contributed by atoms with Crippen LogP contribution in [0, 0.1) is 5.82 Å². The van der Waals surface area contributed by atoms with Crippen LogP contribution in [-0.4, -0.2) is 48.2 Å². The predicted octanol–water partition coefficient (Wildman–Crippen LogP) is 2.30. The van der Waals surface area contributed by atoms with Gasteiger partial charge in [0.05, 0.1) is 22.7 Å². The molecule has 2 rings (SSSR count). The lowest BCUT2D eigenvalue weighted by Crippen LogP contribution is -2.53. The summed E-state index contributed by atoms with van der Waals surface area (Å²) in [6.07, 6.45) is 0.0196. The molecule has 0 spiro atoms. The molecule has 0 bridgehead atoms. The molecule has 6 heteroatoms. The number of benzene rings is 1. The fourth-order valence-corrected chi connectivity index (χ4v) is 2.38. The third kappa shape index (κ3) is 4.95. The van der Waals surface area contributed by atoms with Gasteiger partial charge in [-0.3, -0.25) is 4.79 Å². The fourth-order valence-electron chi connectivity index (χ4n) is 2.18. The van der Waals surface area contributed by atoms with E-state index >= 15 is 0 Å². The minimum atomic E-state index is -0.630. The topological polar surface area (TPSA) is 52.6 Å². The van der Waals surface area contributed by atoms with Crippen LogP contribution in [0.4, 0.5) is 4.39 Å². The Morgan fingerprint density at radius 1 is 1.48 bits per heavy atom. The molecule has 1 fully saturated rings. The largest absolute Gasteiger partial charge is 0.390 e. The summed E-state index contributed by atoms with van der Waals surface area (Å²) >= 11 is 5.87. The van der Waals surface area contributed by atoms with Crippen molar-refractivity contribution in [3.8, 4) is 0 Å². The van der Waals surface area contributed by atoms with Crippen LogP contribution < -0.4 is 5.32 Å². The molecule has 1 saturated heterocycles. The van der Waals surface area contributed by atoms with Gasteiger partial charge in [-0.1, -0.05) is 25.4 Å². The van der Waals surface area contributed by atoms with Crippen LogP contribution in [0.5, 0.6) is 0 Å². The van der Waals surface area contributed by atoms with Crippen LogP contribution in [0.15, 0.2) is 18.2 Å². The van der Waals surface area contributed by atoms with Gasteiger partial charge in [-0.25, -0.2) is 4.39 Å². The maximum Gasteiger partial charge on any atom is 0.253 e. The zero-order chi connectivity index (χ0) is 16.0. The molecule has 0 radical (unpaired) electrons. The second-order valence-corrected chi connectivity index (χ2v) is 5.23. The summed E-state index contributed by atoms with van der Waals surface area (Å²) in [4.78, 5) is 14.0. The quantitative estimate of drug-likeness (QED) is 0.880. The van der Waals surface area contributed by atoms with Crippen molar-refractivity contribution in [2.24, 2.45) is 0 Å². The number of β-amino-alcohol motifs (C(OH)–C–C–N with tert-alkyl or cyclic N) is 1. The second-order valence-electron chi connectivity index (χ2n) is 4.82. The van der Waals surface area contributed by atoms with E-state index in [1.807, 2.05) is 25.8 Å². The molecule has 1 aliphatic rings. The first-order valence-electron chi connectivity index (χ1n) is 7.10. The molecular weight excluding hydrogens is 295 g/mol. The molecule has 1 aliphatic heterocycles. The van der Waals surface area contributed by atoms with Crippen LogP contribution in [0.1, 0.15) is 30.6 Å². The van der Waals surface area contributed by atoms with Crippen molar-refractivity contribution in [1.29, 1.82) is 0 Å². The Hall–Kier alpha value is -1.17. The van der Waals surface area contributed by atoms with E-state index < -0.39 is 17.8 Å². The zero-order valence-electron chi connectivity index (χ0n) is 12.6. The summed E-state index contributed by atoms with van der Waals surface area (Å²) in [7, 11) is 1.91. The molecule has 4 nitrogen and oxygen atoms in total. The number of rotatable bonds is 2. The van der Waals surface area contributed by atoms with Gasteiger partial charge in [0.2, 0.25) is 0 Å². The zero-order valence-corrected chi connectivity index (χ0v) is 13.3. The smallest absolute Gasteiger partial charge is 0.253 e. The Kier molecular flexibility index (Phi) is 7.08. The van der Waals surface area contributed by atoms with E-state index in [0.717, 1.165) is 12.6 Å². The van der Waals surface area contributed by atoms with Crippen molar-refractivity contribution in [2.75, 3.05) is 20.1 Å². The van der Waals surface area contributed by atoms with Gasteiger partial charge in [-0.15, -0.1) is 0 Å². The van der Waals surface area contributed by atoms with E-state index in [9.17, 15) is 14.3 Å². The van der Waals surface area contributed by atoms with Gasteiger partial charge >= 0.3 is 0 Å². The monoisotopic (exact) mass is 316 g/mol. The van der Waals surface area contributed by atoms with Crippen LogP contribution >= 0.6 is 11.6 Å². The summed E-state index contributed by atoms with van der Waals surface area (Å²) in [6, 6.07) is 3.31. The lowest BCUT2D eigenvalue weighted by Gasteiger charge is -2.34. The molecule has 1 amide bonds. The number of hydrogen-bond donors (Lipinski definition) is 2. The van der Waals surface area contributed by atoms with Gasteiger partial charge in [-0.2, -0.15) is 0 Å². The molecule has 21 heavy (non-hydrogen) atoms. The Balaban J connectivity index is 0.00000106. The number of carbonyl (C=O) groups is 1. The first-order chi connectivity index (χ1) is 9.97. The van der Waals surface area contributed by atoms with E-state index in [1.54, 1.807) is 0 Å². The third-order valence-electron chi connectivity index (χ3n) is 3.27. The Labute approximate surface area is 129 Å². The van der Waals surface area contributed by atoms with Crippen molar-refractivity contribution in [3.05, 3.63) is 34.6 Å². The van der Waals surface area contributed by atoms with Crippen molar-refractivity contribution in [1.82, 2.24) is 10.2 Å². The van der Waals surface area contributed by atoms with E-state index in [4.69, 9.17) is 11.6 Å². The van der Waals surface area contributed by atoms with Crippen molar-refractivity contribution in [3.63, 3.8) is 0 Å². The Morgan fingerprint density at radius 3 is 2.76 bits per heavy atom. The van der Waals surface area contributed by atoms with Crippen molar-refractivity contribution >= 4 is 17.5 Å². The molecule has 118 valence electrons. The molecule has 0 aromatic heterocycles. The van der Waals surface area contributed by atoms with E-state index in [1.165, 1.54) is 12.1 Å². The molecule has 2 N–H and O–H groups in total. The lowest BCUT2D eigenvalue weighted by atomic mass is 10.0. The highest BCUT2D eigenvalue weighted by molar-refractivity contribution is 6.33. The first-order valence-corrected chi connectivity index (χ1v) is 7.47. The minimum absolute atomic E-state index is 0.0906. The maximum atomic E-state index is 13.1. The average Bonchev–Trinajstić information content (AvgIpc) is 2.46. The van der Waals surface area contributed by atoms with E-state index in [0.29, 0.717) is 13.0 Å². The Bertz CT molecular complexity index is 485. The number of likely N-dealkylation sites (tertiary alicyclic amines) is 1. The molecule has 2 atom stereocenters. The molecule has 1 aromatic rings. The maximum absolute atomic E-state index is 13.1. The van der Waals surface area contributed by atoms with Gasteiger partial charge in [-0.05, 0) is 38.2 Å². The van der Waals surface area contributed by atoms with Crippen molar-refractivity contribution < 1.29 is 14.3 Å². The number of nitrogens with one attached hydrogen (secondary N) is 1. The van der Waals surface area contributed by atoms with Gasteiger partial charge in [0, 0.05) is 6.54 Å². The van der Waals surface area contributed by atoms with Crippen LogP contribution in [0.2, 0.25) is 5.02 Å². The van der Waals surface area contributed by atoms with Crippen molar-refractivity contribution in [2.45, 2.75) is 32.4 Å². The first kappa shape index (κ1) is 17.9. The normalized spacial score (nSPS) is 22.2. The Morgan fingerprint density at radius 2 is 2.14 bits per heavy atom. The number of nitrogens with zero attached hydrogens (tertiary/aromatic N) is 1. The molecule has 0 aliphatic carbocycles. The average molecular weight is 317 g/mol. The number of amides is 1. The molecule has 0 saturated carbocycles. The highest BCUT2D eigenvalue weighted by Crippen LogP contribution is 2.18. The van der Waals surface area contributed by atoms with Gasteiger partial charge in [0.1, 0.15) is 5.82 Å². The van der Waals surface area contributed by atoms with Gasteiger partial charge in [0.25, 0.3) is 5.91 Å². The van der Waals surface area contributed by atoms with Crippen LogP contribution in [0.25, 0.3) is 0 Å². The summed E-state index contributed by atoms with van der Waals surface area (Å²) in [5.74, 6) is -0.975. The highest BCUT2D eigenvalue weighted by Gasteiger charge is 2.27. The number of piperidine rings is 1. The molecule has 2 unspecified atom stereocenters. The summed E-state index contributed by atoms with van der Waals surface area (Å²) in [6.45, 7) is 5.29. The standard InChI is InChI=1S/C13H16ClFN2O2.C2H6/c1-17-5-4-11(12(18)7-17)16-13(19)9-6-8(15)2-3-10(9)14;1-2/h2-3,6,11-12,18H,4-5,7H2,1H3,(H,16,19);1-2H3. The minimum Gasteiger partial charge on any atom is -0.390 e. The predicted molar refractivity (Wildman–Crippen MR) is 82.1 cm³/mol. The summed E-state index contributed by atoms with van der Waals surface area (Å²) < 4.78 is 13.1. The van der Waals surface area contributed by atoms with E-state index in [-0.39, 0.29) is 16.6 Å². The lowest BCUT2D eigenvalue weighted by molar-refractivity contribution is 0.0473. The molecule has 1 heterocycles. The van der Waals surface area contributed by atoms with Gasteiger partial charge in [0.15, 0.2) is 0 Å².